The molecule has 1 aliphatic heterocycles. The Labute approximate surface area is 125 Å². The van der Waals surface area contributed by atoms with Crippen molar-refractivity contribution < 1.29 is 9.59 Å². The molecule has 5 nitrogen and oxygen atoms in total. The highest BCUT2D eigenvalue weighted by Gasteiger charge is 2.36. The molecule has 0 aliphatic carbocycles. The van der Waals surface area contributed by atoms with E-state index in [-0.39, 0.29) is 22.8 Å². The van der Waals surface area contributed by atoms with Gasteiger partial charge in [-0.2, -0.15) is 0 Å². The summed E-state index contributed by atoms with van der Waals surface area (Å²) < 4.78 is 1.04. The third-order valence-corrected chi connectivity index (χ3v) is 4.17. The molecule has 0 unspecified atom stereocenters. The molecule has 0 bridgehead atoms. The Morgan fingerprint density at radius 2 is 1.95 bits per heavy atom. The Hall–Kier alpha value is -1.31. The fraction of sp³-hybridized carbons (Fsp3) is 0.0909. The second kappa shape index (κ2) is 4.66. The van der Waals surface area contributed by atoms with E-state index in [1.54, 1.807) is 18.2 Å². The highest BCUT2D eigenvalue weighted by Crippen LogP contribution is 2.28. The molecule has 0 N–H and O–H groups in total. The van der Waals surface area contributed by atoms with Crippen molar-refractivity contribution in [3.8, 4) is 0 Å². The molecule has 1 aromatic heterocycles. The highest BCUT2D eigenvalue weighted by molar-refractivity contribution is 9.10. The van der Waals surface area contributed by atoms with Gasteiger partial charge >= 0.3 is 0 Å². The normalized spacial score (nSPS) is 14.1. The van der Waals surface area contributed by atoms with Crippen LogP contribution in [-0.4, -0.2) is 26.9 Å². The smallest absolute Gasteiger partial charge is 0.261 e. The molecule has 0 radical (unpaired) electrons. The van der Waals surface area contributed by atoms with Crippen LogP contribution in [0.4, 0.5) is 0 Å². The van der Waals surface area contributed by atoms with Gasteiger partial charge in [0.2, 0.25) is 4.47 Å². The van der Waals surface area contributed by atoms with Gasteiger partial charge in [-0.3, -0.25) is 14.5 Å². The van der Waals surface area contributed by atoms with Gasteiger partial charge in [0.25, 0.3) is 11.8 Å². The number of carbonyl (C=O) groups is 2. The van der Waals surface area contributed by atoms with Crippen molar-refractivity contribution >= 4 is 50.7 Å². The van der Waals surface area contributed by atoms with E-state index in [0.29, 0.717) is 16.1 Å². The molecule has 96 valence electrons. The second-order valence-electron chi connectivity index (χ2n) is 3.84. The standard InChI is InChI=1S/C11H5BrClN3O2S/c12-5-1-2-6-7(3-5)10(18)16(9(6)17)4-8-14-15-11(13)19-8/h1-3H,4H2. The number of rotatable bonds is 2. The minimum atomic E-state index is -0.326. The molecule has 0 fully saturated rings. The van der Waals surface area contributed by atoms with Gasteiger partial charge in [-0.15, -0.1) is 10.2 Å². The van der Waals surface area contributed by atoms with E-state index in [0.717, 1.165) is 20.7 Å². The van der Waals surface area contributed by atoms with Gasteiger partial charge in [0.05, 0.1) is 17.7 Å². The Kier molecular flexibility index (Phi) is 3.12. The topological polar surface area (TPSA) is 63.2 Å². The summed E-state index contributed by atoms with van der Waals surface area (Å²) in [5.74, 6) is -0.647. The number of fused-ring (bicyclic) bond motifs is 1. The SMILES string of the molecule is O=C1c2ccc(Br)cc2C(=O)N1Cc1nnc(Cl)s1. The van der Waals surface area contributed by atoms with Crippen molar-refractivity contribution in [2.24, 2.45) is 0 Å². The Morgan fingerprint density at radius 1 is 1.21 bits per heavy atom. The summed E-state index contributed by atoms with van der Waals surface area (Å²) in [4.78, 5) is 25.5. The number of amides is 2. The number of benzene rings is 1. The molecule has 0 atom stereocenters. The molecule has 3 rings (SSSR count). The van der Waals surface area contributed by atoms with E-state index in [9.17, 15) is 9.59 Å². The molecule has 0 saturated carbocycles. The van der Waals surface area contributed by atoms with Crippen LogP contribution >= 0.6 is 38.9 Å². The number of hydrogen-bond donors (Lipinski definition) is 0. The van der Waals surface area contributed by atoms with E-state index in [4.69, 9.17) is 11.6 Å². The quantitative estimate of drug-likeness (QED) is 0.774. The Morgan fingerprint density at radius 3 is 2.63 bits per heavy atom. The number of carbonyl (C=O) groups excluding carboxylic acids is 2. The van der Waals surface area contributed by atoms with Crippen molar-refractivity contribution in [3.63, 3.8) is 0 Å². The third-order valence-electron chi connectivity index (χ3n) is 2.67. The lowest BCUT2D eigenvalue weighted by atomic mass is 10.1. The zero-order chi connectivity index (χ0) is 13.6. The monoisotopic (exact) mass is 357 g/mol. The van der Waals surface area contributed by atoms with Gasteiger partial charge in [0, 0.05) is 4.47 Å². The molecule has 2 heterocycles. The van der Waals surface area contributed by atoms with Crippen molar-refractivity contribution in [3.05, 3.63) is 43.3 Å². The molecule has 8 heteroatoms. The van der Waals surface area contributed by atoms with E-state index in [2.05, 4.69) is 26.1 Å². The molecule has 0 spiro atoms. The molecule has 2 amide bonds. The van der Waals surface area contributed by atoms with Crippen molar-refractivity contribution in [1.82, 2.24) is 15.1 Å². The maximum Gasteiger partial charge on any atom is 0.261 e. The lowest BCUT2D eigenvalue weighted by molar-refractivity contribution is 0.0642. The molecule has 1 aromatic carbocycles. The molecular formula is C11H5BrClN3O2S. The number of nitrogens with zero attached hydrogens (tertiary/aromatic N) is 3. The Balaban J connectivity index is 1.94. The van der Waals surface area contributed by atoms with Crippen LogP contribution < -0.4 is 0 Å². The largest absolute Gasteiger partial charge is 0.269 e. The summed E-state index contributed by atoms with van der Waals surface area (Å²) in [6.07, 6.45) is 0. The third kappa shape index (κ3) is 2.18. The molecule has 2 aromatic rings. The molecular weight excluding hydrogens is 354 g/mol. The van der Waals surface area contributed by atoms with Gasteiger partial charge < -0.3 is 0 Å². The number of aromatic nitrogens is 2. The predicted octanol–water partition coefficient (Wildman–Crippen LogP) is 2.75. The summed E-state index contributed by atoms with van der Waals surface area (Å²) in [6.45, 7) is 0.0916. The van der Waals surface area contributed by atoms with Crippen molar-refractivity contribution in [1.29, 1.82) is 0 Å². The first-order valence-electron chi connectivity index (χ1n) is 5.20. The van der Waals surface area contributed by atoms with E-state index in [1.807, 2.05) is 0 Å². The summed E-state index contributed by atoms with van der Waals surface area (Å²) >= 11 is 10.1. The average molecular weight is 359 g/mol. The predicted molar refractivity (Wildman–Crippen MR) is 73.3 cm³/mol. The fourth-order valence-electron chi connectivity index (χ4n) is 1.84. The lowest BCUT2D eigenvalue weighted by Gasteiger charge is -2.10. The zero-order valence-corrected chi connectivity index (χ0v) is 12.4. The fourth-order valence-corrected chi connectivity index (χ4v) is 3.06. The van der Waals surface area contributed by atoms with Crippen LogP contribution in [0.5, 0.6) is 0 Å². The van der Waals surface area contributed by atoms with Crippen LogP contribution in [0.3, 0.4) is 0 Å². The first kappa shape index (κ1) is 12.7. The van der Waals surface area contributed by atoms with Crippen molar-refractivity contribution in [2.45, 2.75) is 6.54 Å². The van der Waals surface area contributed by atoms with Crippen LogP contribution in [0.2, 0.25) is 4.47 Å². The van der Waals surface area contributed by atoms with Gasteiger partial charge in [-0.1, -0.05) is 27.3 Å². The van der Waals surface area contributed by atoms with Gasteiger partial charge in [0.15, 0.2) is 0 Å². The summed E-state index contributed by atoms with van der Waals surface area (Å²) in [6, 6.07) is 5.00. The van der Waals surface area contributed by atoms with E-state index in [1.165, 1.54) is 0 Å². The summed E-state index contributed by atoms with van der Waals surface area (Å²) in [7, 11) is 0. The maximum absolute atomic E-state index is 12.2. The Bertz CT molecular complexity index is 703. The number of imide groups is 1. The van der Waals surface area contributed by atoms with Gasteiger partial charge in [-0.05, 0) is 29.8 Å². The maximum atomic E-state index is 12.2. The minimum Gasteiger partial charge on any atom is -0.269 e. The molecule has 1 aliphatic rings. The van der Waals surface area contributed by atoms with Gasteiger partial charge in [0.1, 0.15) is 5.01 Å². The van der Waals surface area contributed by atoms with Crippen LogP contribution in [0, 0.1) is 0 Å². The summed E-state index contributed by atoms with van der Waals surface area (Å²) in [5.41, 5.74) is 0.804. The van der Waals surface area contributed by atoms with E-state index >= 15 is 0 Å². The molecule has 0 saturated heterocycles. The number of hydrogen-bond acceptors (Lipinski definition) is 5. The van der Waals surface area contributed by atoms with Crippen molar-refractivity contribution in [2.75, 3.05) is 0 Å². The van der Waals surface area contributed by atoms with E-state index < -0.39 is 0 Å². The van der Waals surface area contributed by atoms with Crippen LogP contribution in [0.25, 0.3) is 0 Å². The van der Waals surface area contributed by atoms with Crippen LogP contribution in [0.15, 0.2) is 22.7 Å². The first-order valence-corrected chi connectivity index (χ1v) is 7.18. The average Bonchev–Trinajstić information content (AvgIpc) is 2.88. The second-order valence-corrected chi connectivity index (χ2v) is 6.39. The molecule has 19 heavy (non-hydrogen) atoms. The van der Waals surface area contributed by atoms with Crippen LogP contribution in [-0.2, 0) is 6.54 Å². The minimum absolute atomic E-state index is 0.0916. The first-order chi connectivity index (χ1) is 9.06. The lowest BCUT2D eigenvalue weighted by Crippen LogP contribution is -2.29. The summed E-state index contributed by atoms with van der Waals surface area (Å²) in [5, 5.41) is 7.99. The number of halogens is 2. The zero-order valence-electron chi connectivity index (χ0n) is 9.26. The van der Waals surface area contributed by atoms with Gasteiger partial charge in [-0.25, -0.2) is 0 Å². The highest BCUT2D eigenvalue weighted by atomic mass is 79.9. The van der Waals surface area contributed by atoms with Crippen LogP contribution in [0.1, 0.15) is 25.7 Å².